The third-order valence-electron chi connectivity index (χ3n) is 6.07. The molecular formula is C22H29N5O. The first kappa shape index (κ1) is 18.7. The van der Waals surface area contributed by atoms with E-state index < -0.39 is 0 Å². The van der Waals surface area contributed by atoms with E-state index in [1.807, 2.05) is 61.7 Å². The molecule has 0 saturated carbocycles. The largest absolute Gasteiger partial charge is 0.378 e. The van der Waals surface area contributed by atoms with Gasteiger partial charge in [-0.1, -0.05) is 6.07 Å². The number of anilines is 2. The van der Waals surface area contributed by atoms with E-state index in [0.29, 0.717) is 12.0 Å². The first-order valence-electron chi connectivity index (χ1n) is 10.1. The monoisotopic (exact) mass is 379 g/mol. The molecule has 0 unspecified atom stereocenters. The minimum atomic E-state index is -0.118. The van der Waals surface area contributed by atoms with Crippen molar-refractivity contribution in [2.45, 2.75) is 31.3 Å². The molecule has 2 bridgehead atoms. The molecule has 1 aromatic heterocycles. The first-order chi connectivity index (χ1) is 13.6. The molecule has 148 valence electrons. The van der Waals surface area contributed by atoms with Crippen LogP contribution in [0, 0.1) is 5.92 Å². The van der Waals surface area contributed by atoms with Crippen LogP contribution >= 0.6 is 0 Å². The van der Waals surface area contributed by atoms with Crippen molar-refractivity contribution in [3.63, 3.8) is 0 Å². The van der Waals surface area contributed by atoms with Crippen molar-refractivity contribution in [2.75, 3.05) is 37.4 Å². The number of aromatic nitrogens is 1. The highest BCUT2D eigenvalue weighted by atomic mass is 16.2. The number of fused-ring (bicyclic) bond motifs is 3. The topological polar surface area (TPSA) is 60.5 Å². The molecule has 3 fully saturated rings. The van der Waals surface area contributed by atoms with Gasteiger partial charge < -0.3 is 15.5 Å². The molecule has 3 aliphatic heterocycles. The fourth-order valence-corrected chi connectivity index (χ4v) is 4.54. The Morgan fingerprint density at radius 2 is 1.93 bits per heavy atom. The molecule has 4 heterocycles. The number of nitrogens with zero attached hydrogens (tertiary/aromatic N) is 3. The number of carbonyl (C=O) groups excluding carboxylic acids is 1. The quantitative estimate of drug-likeness (QED) is 0.839. The molecule has 1 aromatic carbocycles. The number of urea groups is 1. The van der Waals surface area contributed by atoms with Crippen molar-refractivity contribution in [1.29, 1.82) is 0 Å². The Kier molecular flexibility index (Phi) is 5.48. The van der Waals surface area contributed by atoms with Gasteiger partial charge in [0.1, 0.15) is 0 Å². The van der Waals surface area contributed by atoms with Crippen LogP contribution in [-0.4, -0.2) is 55.2 Å². The maximum absolute atomic E-state index is 12.7. The first-order valence-corrected chi connectivity index (χ1v) is 10.1. The Morgan fingerprint density at radius 3 is 2.57 bits per heavy atom. The molecule has 6 heteroatoms. The van der Waals surface area contributed by atoms with Gasteiger partial charge in [-0.05, 0) is 74.2 Å². The van der Waals surface area contributed by atoms with Crippen LogP contribution in [0.5, 0.6) is 0 Å². The zero-order chi connectivity index (χ0) is 19.5. The van der Waals surface area contributed by atoms with Crippen molar-refractivity contribution < 1.29 is 4.79 Å². The number of hydrogen-bond donors (Lipinski definition) is 2. The highest BCUT2D eigenvalue weighted by Gasteiger charge is 2.42. The van der Waals surface area contributed by atoms with Crippen molar-refractivity contribution in [3.05, 3.63) is 54.4 Å². The Balaban J connectivity index is 1.42. The van der Waals surface area contributed by atoms with Gasteiger partial charge in [0, 0.05) is 49.9 Å². The number of amides is 2. The predicted molar refractivity (Wildman–Crippen MR) is 113 cm³/mol. The van der Waals surface area contributed by atoms with Crippen LogP contribution in [0.15, 0.2) is 48.8 Å². The van der Waals surface area contributed by atoms with Gasteiger partial charge in [-0.3, -0.25) is 9.88 Å². The van der Waals surface area contributed by atoms with E-state index in [1.54, 1.807) is 0 Å². The van der Waals surface area contributed by atoms with Gasteiger partial charge in [-0.25, -0.2) is 4.79 Å². The second-order valence-electron chi connectivity index (χ2n) is 8.07. The summed E-state index contributed by atoms with van der Waals surface area (Å²) in [4.78, 5) is 21.5. The Labute approximate surface area is 166 Å². The van der Waals surface area contributed by atoms with Crippen LogP contribution < -0.4 is 15.5 Å². The Morgan fingerprint density at radius 1 is 1.18 bits per heavy atom. The van der Waals surface area contributed by atoms with E-state index >= 15 is 0 Å². The maximum Gasteiger partial charge on any atom is 0.319 e. The fraction of sp³-hybridized carbons (Fsp3) is 0.455. The lowest BCUT2D eigenvalue weighted by molar-refractivity contribution is 0.0184. The molecule has 3 saturated heterocycles. The van der Waals surface area contributed by atoms with E-state index in [0.717, 1.165) is 43.7 Å². The zero-order valence-electron chi connectivity index (χ0n) is 16.6. The normalized spacial score (nSPS) is 25.9. The number of hydrogen-bond acceptors (Lipinski definition) is 4. The van der Waals surface area contributed by atoms with Crippen LogP contribution in [-0.2, 0) is 6.42 Å². The predicted octanol–water partition coefficient (Wildman–Crippen LogP) is 2.97. The van der Waals surface area contributed by atoms with Gasteiger partial charge in [0.15, 0.2) is 0 Å². The molecular weight excluding hydrogens is 350 g/mol. The van der Waals surface area contributed by atoms with E-state index in [2.05, 4.69) is 26.6 Å². The second kappa shape index (κ2) is 8.19. The zero-order valence-corrected chi connectivity index (χ0v) is 16.6. The van der Waals surface area contributed by atoms with Crippen LogP contribution in [0.3, 0.4) is 0 Å². The number of carbonyl (C=O) groups is 1. The molecule has 28 heavy (non-hydrogen) atoms. The lowest BCUT2D eigenvalue weighted by atomic mass is 9.77. The lowest BCUT2D eigenvalue weighted by Crippen LogP contribution is -2.64. The number of pyridine rings is 1. The van der Waals surface area contributed by atoms with E-state index in [4.69, 9.17) is 0 Å². The lowest BCUT2D eigenvalue weighted by Gasteiger charge is -2.51. The van der Waals surface area contributed by atoms with Crippen LogP contribution in [0.1, 0.15) is 18.4 Å². The number of benzene rings is 1. The summed E-state index contributed by atoms with van der Waals surface area (Å²) in [5.74, 6) is 0.550. The molecule has 2 N–H and O–H groups in total. The summed E-state index contributed by atoms with van der Waals surface area (Å²) in [7, 11) is 4.01. The molecule has 6 nitrogen and oxygen atoms in total. The fourth-order valence-electron chi connectivity index (χ4n) is 4.54. The third-order valence-corrected chi connectivity index (χ3v) is 6.07. The highest BCUT2D eigenvalue weighted by molar-refractivity contribution is 5.89. The van der Waals surface area contributed by atoms with Crippen molar-refractivity contribution in [1.82, 2.24) is 15.2 Å². The van der Waals surface area contributed by atoms with Crippen LogP contribution in [0.25, 0.3) is 0 Å². The molecule has 2 aromatic rings. The standard InChI is InChI=1S/C22H29N5O/c1-26(2)19-7-5-18(6-8-19)24-22(28)25-21-17-9-12-27(13-10-17)20(21)14-16-4-3-11-23-15-16/h3-8,11,15,17,20-21H,9-10,12-14H2,1-2H3,(H2,24,25,28)/t20-,21-/m1/s1. The summed E-state index contributed by atoms with van der Waals surface area (Å²) in [5, 5.41) is 6.28. The highest BCUT2D eigenvalue weighted by Crippen LogP contribution is 2.34. The average molecular weight is 380 g/mol. The summed E-state index contributed by atoms with van der Waals surface area (Å²) in [6, 6.07) is 12.4. The van der Waals surface area contributed by atoms with Gasteiger partial charge in [0.05, 0.1) is 0 Å². The number of piperidine rings is 3. The molecule has 0 radical (unpaired) electrons. The summed E-state index contributed by atoms with van der Waals surface area (Å²) in [6.45, 7) is 2.25. The van der Waals surface area contributed by atoms with Gasteiger partial charge in [0.2, 0.25) is 0 Å². The van der Waals surface area contributed by atoms with Crippen molar-refractivity contribution in [3.8, 4) is 0 Å². The number of rotatable bonds is 5. The van der Waals surface area contributed by atoms with Crippen molar-refractivity contribution in [2.24, 2.45) is 5.92 Å². The summed E-state index contributed by atoms with van der Waals surface area (Å²) in [6.07, 6.45) is 6.99. The minimum absolute atomic E-state index is 0.118. The average Bonchev–Trinajstić information content (AvgIpc) is 2.71. The smallest absolute Gasteiger partial charge is 0.319 e. The Bertz CT molecular complexity index is 784. The maximum atomic E-state index is 12.7. The van der Waals surface area contributed by atoms with Crippen molar-refractivity contribution >= 4 is 17.4 Å². The van der Waals surface area contributed by atoms with Crippen LogP contribution in [0.4, 0.5) is 16.2 Å². The molecule has 0 spiro atoms. The second-order valence-corrected chi connectivity index (χ2v) is 8.07. The van der Waals surface area contributed by atoms with Gasteiger partial charge in [-0.15, -0.1) is 0 Å². The van der Waals surface area contributed by atoms with E-state index in [-0.39, 0.29) is 12.1 Å². The third kappa shape index (κ3) is 4.12. The SMILES string of the molecule is CN(C)c1ccc(NC(=O)N[C@@H]2C3CCN(CC3)[C@@H]2Cc2cccnc2)cc1. The molecule has 3 aliphatic rings. The van der Waals surface area contributed by atoms with Gasteiger partial charge in [-0.2, -0.15) is 0 Å². The summed E-state index contributed by atoms with van der Waals surface area (Å²) >= 11 is 0. The van der Waals surface area contributed by atoms with E-state index in [1.165, 1.54) is 5.56 Å². The van der Waals surface area contributed by atoms with Gasteiger partial charge in [0.25, 0.3) is 0 Å². The molecule has 0 aliphatic carbocycles. The number of nitrogens with one attached hydrogen (secondary N) is 2. The Hall–Kier alpha value is -2.60. The van der Waals surface area contributed by atoms with Gasteiger partial charge >= 0.3 is 6.03 Å². The minimum Gasteiger partial charge on any atom is -0.378 e. The van der Waals surface area contributed by atoms with E-state index in [9.17, 15) is 4.79 Å². The summed E-state index contributed by atoms with van der Waals surface area (Å²) in [5.41, 5.74) is 3.15. The molecule has 2 atom stereocenters. The molecule has 2 amide bonds. The summed E-state index contributed by atoms with van der Waals surface area (Å²) < 4.78 is 0. The molecule has 5 rings (SSSR count). The van der Waals surface area contributed by atoms with Crippen LogP contribution in [0.2, 0.25) is 0 Å².